The van der Waals surface area contributed by atoms with Crippen LogP contribution in [0.5, 0.6) is 5.88 Å². The van der Waals surface area contributed by atoms with E-state index >= 15 is 0 Å². The second-order valence-electron chi connectivity index (χ2n) is 3.66. The Morgan fingerprint density at radius 2 is 2.12 bits per heavy atom. The number of ether oxygens (including phenoxy) is 1. The van der Waals surface area contributed by atoms with Crippen molar-refractivity contribution in [2.24, 2.45) is 7.05 Å². The predicted molar refractivity (Wildman–Crippen MR) is 60.2 cm³/mol. The summed E-state index contributed by atoms with van der Waals surface area (Å²) in [5, 5.41) is 14.1. The summed E-state index contributed by atoms with van der Waals surface area (Å²) in [5.74, 6) is 0.0556. The second kappa shape index (κ2) is 4.55. The normalized spacial score (nSPS) is 12.5. The van der Waals surface area contributed by atoms with Crippen LogP contribution < -0.4 is 4.74 Å². The van der Waals surface area contributed by atoms with E-state index in [0.29, 0.717) is 11.6 Å². The van der Waals surface area contributed by atoms with Crippen LogP contribution in [0, 0.1) is 5.82 Å². The number of methoxy groups -OCH3 is 1. The minimum Gasteiger partial charge on any atom is -0.481 e. The van der Waals surface area contributed by atoms with Gasteiger partial charge in [-0.1, -0.05) is 18.2 Å². The van der Waals surface area contributed by atoms with Gasteiger partial charge in [0, 0.05) is 18.7 Å². The van der Waals surface area contributed by atoms with Crippen LogP contribution in [0.2, 0.25) is 0 Å². The van der Waals surface area contributed by atoms with Gasteiger partial charge in [-0.3, -0.25) is 0 Å². The number of aryl methyl sites for hydroxylation is 1. The van der Waals surface area contributed by atoms with Gasteiger partial charge in [-0.05, 0) is 6.07 Å². The van der Waals surface area contributed by atoms with Crippen molar-refractivity contribution in [3.63, 3.8) is 0 Å². The first kappa shape index (κ1) is 11.6. The highest BCUT2D eigenvalue weighted by Crippen LogP contribution is 2.25. The molecule has 0 aliphatic heterocycles. The molecular formula is C12H13FN2O2. The molecule has 5 heteroatoms. The van der Waals surface area contributed by atoms with Gasteiger partial charge in [0.2, 0.25) is 5.88 Å². The summed E-state index contributed by atoms with van der Waals surface area (Å²) in [6.07, 6.45) is -1.09. The van der Waals surface area contributed by atoms with Crippen molar-refractivity contribution in [2.75, 3.05) is 7.11 Å². The molecule has 1 heterocycles. The van der Waals surface area contributed by atoms with Gasteiger partial charge in [0.15, 0.2) is 0 Å². The Bertz CT molecular complexity index is 525. The summed E-state index contributed by atoms with van der Waals surface area (Å²) in [4.78, 5) is 0. The molecule has 0 spiro atoms. The summed E-state index contributed by atoms with van der Waals surface area (Å²) in [6.45, 7) is 0. The lowest BCUT2D eigenvalue weighted by atomic mass is 10.1. The van der Waals surface area contributed by atoms with Crippen molar-refractivity contribution in [3.8, 4) is 5.88 Å². The van der Waals surface area contributed by atoms with Gasteiger partial charge in [-0.25, -0.2) is 9.07 Å². The standard InChI is InChI=1S/C12H13FN2O2/c1-15-11(17-2)7-10(14-15)12(16)8-5-3-4-6-9(8)13/h3-7,12,16H,1-2H3. The molecule has 4 nitrogen and oxygen atoms in total. The molecule has 1 atom stereocenters. The predicted octanol–water partition coefficient (Wildman–Crippen LogP) is 1.65. The lowest BCUT2D eigenvalue weighted by molar-refractivity contribution is 0.209. The van der Waals surface area contributed by atoms with Crippen molar-refractivity contribution in [1.29, 1.82) is 0 Å². The first-order valence-corrected chi connectivity index (χ1v) is 5.14. The molecule has 0 bridgehead atoms. The maximum absolute atomic E-state index is 13.5. The Morgan fingerprint density at radius 3 is 2.71 bits per heavy atom. The molecule has 1 aromatic carbocycles. The zero-order valence-corrected chi connectivity index (χ0v) is 9.59. The van der Waals surface area contributed by atoms with E-state index in [2.05, 4.69) is 5.10 Å². The molecule has 0 fully saturated rings. The number of aliphatic hydroxyl groups is 1. The fourth-order valence-electron chi connectivity index (χ4n) is 1.65. The minimum absolute atomic E-state index is 0.202. The number of rotatable bonds is 3. The molecule has 0 radical (unpaired) electrons. The molecule has 0 amide bonds. The van der Waals surface area contributed by atoms with Gasteiger partial charge in [0.05, 0.1) is 12.8 Å². The van der Waals surface area contributed by atoms with E-state index in [4.69, 9.17) is 4.74 Å². The molecule has 17 heavy (non-hydrogen) atoms. The number of benzene rings is 1. The summed E-state index contributed by atoms with van der Waals surface area (Å²) < 4.78 is 20.0. The van der Waals surface area contributed by atoms with Gasteiger partial charge >= 0.3 is 0 Å². The number of nitrogens with zero attached hydrogens (tertiary/aromatic N) is 2. The first-order chi connectivity index (χ1) is 8.13. The molecule has 2 rings (SSSR count). The van der Waals surface area contributed by atoms with Gasteiger partial charge in [0.1, 0.15) is 11.9 Å². The maximum Gasteiger partial charge on any atom is 0.211 e. The van der Waals surface area contributed by atoms with Crippen molar-refractivity contribution < 1.29 is 14.2 Å². The van der Waals surface area contributed by atoms with Crippen LogP contribution in [0.15, 0.2) is 30.3 Å². The lowest BCUT2D eigenvalue weighted by Crippen LogP contribution is -2.04. The molecule has 1 aromatic heterocycles. The number of hydrogen-bond donors (Lipinski definition) is 1. The quantitative estimate of drug-likeness (QED) is 0.881. The van der Waals surface area contributed by atoms with Gasteiger partial charge in [0.25, 0.3) is 0 Å². The van der Waals surface area contributed by atoms with Crippen molar-refractivity contribution in [1.82, 2.24) is 9.78 Å². The third-order valence-corrected chi connectivity index (χ3v) is 2.54. The van der Waals surface area contributed by atoms with Crippen LogP contribution in [0.1, 0.15) is 17.4 Å². The number of hydrogen-bond acceptors (Lipinski definition) is 3. The molecule has 0 saturated heterocycles. The van der Waals surface area contributed by atoms with E-state index in [1.807, 2.05) is 0 Å². The topological polar surface area (TPSA) is 47.3 Å². The fraction of sp³-hybridized carbons (Fsp3) is 0.250. The SMILES string of the molecule is COc1cc(C(O)c2ccccc2F)nn1C. The van der Waals surface area contributed by atoms with Crippen LogP contribution in [0.25, 0.3) is 0 Å². The maximum atomic E-state index is 13.5. The third kappa shape index (κ3) is 2.14. The Morgan fingerprint density at radius 1 is 1.41 bits per heavy atom. The molecule has 0 aliphatic carbocycles. The summed E-state index contributed by atoms with van der Waals surface area (Å²) in [7, 11) is 3.20. The molecule has 1 unspecified atom stereocenters. The third-order valence-electron chi connectivity index (χ3n) is 2.54. The zero-order chi connectivity index (χ0) is 12.4. The number of aromatic nitrogens is 2. The summed E-state index contributed by atoms with van der Waals surface area (Å²) >= 11 is 0. The average Bonchev–Trinajstić information content (AvgIpc) is 2.70. The van der Waals surface area contributed by atoms with Crippen LogP contribution >= 0.6 is 0 Å². The summed E-state index contributed by atoms with van der Waals surface area (Å²) in [6, 6.07) is 7.66. The van der Waals surface area contributed by atoms with E-state index in [1.165, 1.54) is 23.9 Å². The van der Waals surface area contributed by atoms with E-state index in [9.17, 15) is 9.50 Å². The zero-order valence-electron chi connectivity index (χ0n) is 9.59. The van der Waals surface area contributed by atoms with Crippen LogP contribution in [0.3, 0.4) is 0 Å². The molecule has 90 valence electrons. The minimum atomic E-state index is -1.09. The van der Waals surface area contributed by atoms with Crippen LogP contribution in [0.4, 0.5) is 4.39 Å². The Balaban J connectivity index is 2.37. The van der Waals surface area contributed by atoms with Crippen LogP contribution in [-0.2, 0) is 7.05 Å². The first-order valence-electron chi connectivity index (χ1n) is 5.14. The van der Waals surface area contributed by atoms with Crippen molar-refractivity contribution in [2.45, 2.75) is 6.10 Å². The largest absolute Gasteiger partial charge is 0.481 e. The smallest absolute Gasteiger partial charge is 0.211 e. The fourth-order valence-corrected chi connectivity index (χ4v) is 1.65. The Hall–Kier alpha value is -1.88. The summed E-state index contributed by atoms with van der Waals surface area (Å²) in [5.41, 5.74) is 0.558. The molecule has 0 aliphatic rings. The highest BCUT2D eigenvalue weighted by atomic mass is 19.1. The molecule has 2 aromatic rings. The lowest BCUT2D eigenvalue weighted by Gasteiger charge is -2.08. The molecular weight excluding hydrogens is 223 g/mol. The number of aliphatic hydroxyl groups excluding tert-OH is 1. The average molecular weight is 236 g/mol. The van der Waals surface area contributed by atoms with E-state index < -0.39 is 11.9 Å². The Kier molecular flexibility index (Phi) is 3.10. The van der Waals surface area contributed by atoms with E-state index in [-0.39, 0.29) is 5.56 Å². The van der Waals surface area contributed by atoms with E-state index in [1.54, 1.807) is 25.2 Å². The van der Waals surface area contributed by atoms with Crippen molar-refractivity contribution in [3.05, 3.63) is 47.4 Å². The second-order valence-corrected chi connectivity index (χ2v) is 3.66. The number of halogens is 1. The highest BCUT2D eigenvalue weighted by molar-refractivity contribution is 5.29. The van der Waals surface area contributed by atoms with Gasteiger partial charge in [-0.15, -0.1) is 0 Å². The van der Waals surface area contributed by atoms with Gasteiger partial charge < -0.3 is 9.84 Å². The Labute approximate surface area is 98.3 Å². The van der Waals surface area contributed by atoms with Gasteiger partial charge in [-0.2, -0.15) is 5.10 Å². The van der Waals surface area contributed by atoms with E-state index in [0.717, 1.165) is 0 Å². The van der Waals surface area contributed by atoms with Crippen LogP contribution in [-0.4, -0.2) is 22.0 Å². The molecule has 0 saturated carbocycles. The monoisotopic (exact) mass is 236 g/mol. The molecule has 1 N–H and O–H groups in total. The highest BCUT2D eigenvalue weighted by Gasteiger charge is 2.18. The van der Waals surface area contributed by atoms with Crippen molar-refractivity contribution >= 4 is 0 Å².